The molecule has 0 bridgehead atoms. The molecule has 0 aliphatic carbocycles. The summed E-state index contributed by atoms with van der Waals surface area (Å²) in [7, 11) is 1.32. The van der Waals surface area contributed by atoms with Crippen LogP contribution in [0.25, 0.3) is 6.08 Å². The first kappa shape index (κ1) is 21.2. The molecule has 0 saturated carbocycles. The summed E-state index contributed by atoms with van der Waals surface area (Å²) in [5.41, 5.74) is 1.26. The molecule has 0 spiro atoms. The summed E-state index contributed by atoms with van der Waals surface area (Å²) < 4.78 is 34.1. The predicted octanol–water partition coefficient (Wildman–Crippen LogP) is 4.56. The first-order chi connectivity index (χ1) is 13.3. The van der Waals surface area contributed by atoms with Crippen LogP contribution in [0.1, 0.15) is 12.5 Å². The normalized spacial score (nSPS) is 10.8. The second-order valence-electron chi connectivity index (χ2n) is 5.48. The van der Waals surface area contributed by atoms with Crippen LogP contribution >= 0.6 is 11.6 Å². The van der Waals surface area contributed by atoms with Crippen molar-refractivity contribution in [3.05, 3.63) is 53.1 Å². The number of nitrogens with one attached hydrogen (secondary N) is 2. The summed E-state index contributed by atoms with van der Waals surface area (Å²) in [6.07, 6.45) is 2.70. The molecule has 0 aliphatic rings. The maximum absolute atomic E-state index is 12.4. The fraction of sp³-hybridized carbons (Fsp3) is 0.158. The van der Waals surface area contributed by atoms with Gasteiger partial charge in [-0.15, -0.1) is 0 Å². The maximum Gasteiger partial charge on any atom is 0.387 e. The van der Waals surface area contributed by atoms with Crippen LogP contribution < -0.4 is 20.1 Å². The fourth-order valence-electron chi connectivity index (χ4n) is 2.25. The number of hydrogen-bond donors (Lipinski definition) is 2. The van der Waals surface area contributed by atoms with Gasteiger partial charge in [-0.2, -0.15) is 8.78 Å². The van der Waals surface area contributed by atoms with Crippen molar-refractivity contribution in [1.29, 1.82) is 0 Å². The van der Waals surface area contributed by atoms with Crippen LogP contribution in [0.5, 0.6) is 11.5 Å². The van der Waals surface area contributed by atoms with Crippen LogP contribution in [0.15, 0.2) is 42.5 Å². The summed E-state index contributed by atoms with van der Waals surface area (Å²) in [6, 6.07) is 8.89. The monoisotopic (exact) mass is 410 g/mol. The Hall–Kier alpha value is -3.13. The Morgan fingerprint density at radius 1 is 1.07 bits per heavy atom. The van der Waals surface area contributed by atoms with Crippen molar-refractivity contribution >= 4 is 40.9 Å². The predicted molar refractivity (Wildman–Crippen MR) is 103 cm³/mol. The summed E-state index contributed by atoms with van der Waals surface area (Å²) in [5, 5.41) is 5.58. The minimum absolute atomic E-state index is 0.102. The minimum atomic E-state index is -2.98. The molecular weight excluding hydrogens is 394 g/mol. The third-order valence-electron chi connectivity index (χ3n) is 3.38. The molecule has 2 aromatic carbocycles. The Morgan fingerprint density at radius 3 is 2.46 bits per heavy atom. The van der Waals surface area contributed by atoms with Gasteiger partial charge in [0.15, 0.2) is 11.5 Å². The minimum Gasteiger partial charge on any atom is -0.493 e. The summed E-state index contributed by atoms with van der Waals surface area (Å²) in [6.45, 7) is -1.63. The van der Waals surface area contributed by atoms with E-state index in [1.807, 2.05) is 0 Å². The molecule has 0 heterocycles. The average Bonchev–Trinajstić information content (AvgIpc) is 2.62. The Morgan fingerprint density at radius 2 is 1.82 bits per heavy atom. The van der Waals surface area contributed by atoms with Crippen molar-refractivity contribution in [2.24, 2.45) is 0 Å². The van der Waals surface area contributed by atoms with Crippen LogP contribution in [0, 0.1) is 0 Å². The van der Waals surface area contributed by atoms with E-state index in [9.17, 15) is 18.4 Å². The van der Waals surface area contributed by atoms with Gasteiger partial charge in [-0.25, -0.2) is 0 Å². The highest BCUT2D eigenvalue weighted by molar-refractivity contribution is 6.31. The largest absolute Gasteiger partial charge is 0.493 e. The van der Waals surface area contributed by atoms with E-state index in [1.165, 1.54) is 50.5 Å². The molecule has 2 rings (SSSR count). The quantitative estimate of drug-likeness (QED) is 0.656. The Labute approximate surface area is 165 Å². The van der Waals surface area contributed by atoms with Gasteiger partial charge >= 0.3 is 6.61 Å². The van der Waals surface area contributed by atoms with Gasteiger partial charge in [0, 0.05) is 18.0 Å². The molecule has 2 amide bonds. The van der Waals surface area contributed by atoms with E-state index in [0.717, 1.165) is 0 Å². The molecule has 0 unspecified atom stereocenters. The van der Waals surface area contributed by atoms with Crippen molar-refractivity contribution in [3.63, 3.8) is 0 Å². The van der Waals surface area contributed by atoms with E-state index >= 15 is 0 Å². The summed E-state index contributed by atoms with van der Waals surface area (Å²) >= 11 is 5.93. The van der Waals surface area contributed by atoms with Gasteiger partial charge in [0.25, 0.3) is 0 Å². The zero-order chi connectivity index (χ0) is 20.7. The first-order valence-corrected chi connectivity index (χ1v) is 8.35. The highest BCUT2D eigenvalue weighted by Gasteiger charge is 2.11. The Bertz CT molecular complexity index is 903. The van der Waals surface area contributed by atoms with E-state index in [4.69, 9.17) is 16.3 Å². The van der Waals surface area contributed by atoms with Crippen molar-refractivity contribution in [2.45, 2.75) is 13.5 Å². The van der Waals surface area contributed by atoms with Gasteiger partial charge < -0.3 is 20.1 Å². The molecule has 0 aromatic heterocycles. The molecular formula is C19H17ClF2N2O4. The fourth-order valence-corrected chi connectivity index (χ4v) is 2.42. The second-order valence-corrected chi connectivity index (χ2v) is 5.92. The number of hydrogen-bond acceptors (Lipinski definition) is 4. The molecule has 0 saturated heterocycles. The van der Waals surface area contributed by atoms with E-state index in [1.54, 1.807) is 12.1 Å². The van der Waals surface area contributed by atoms with Gasteiger partial charge in [0.2, 0.25) is 11.8 Å². The number of benzene rings is 2. The van der Waals surface area contributed by atoms with Crippen molar-refractivity contribution in [2.75, 3.05) is 17.7 Å². The average molecular weight is 411 g/mol. The number of anilines is 2. The number of alkyl halides is 2. The molecule has 2 aromatic rings. The number of halogens is 3. The lowest BCUT2D eigenvalue weighted by Gasteiger charge is -2.11. The first-order valence-electron chi connectivity index (χ1n) is 7.97. The van der Waals surface area contributed by atoms with Crippen molar-refractivity contribution in [1.82, 2.24) is 0 Å². The van der Waals surface area contributed by atoms with E-state index in [0.29, 0.717) is 22.0 Å². The smallest absolute Gasteiger partial charge is 0.387 e. The van der Waals surface area contributed by atoms with Gasteiger partial charge in [0.05, 0.1) is 18.5 Å². The molecule has 148 valence electrons. The van der Waals surface area contributed by atoms with Gasteiger partial charge in [0.1, 0.15) is 0 Å². The van der Waals surface area contributed by atoms with Crippen LogP contribution in [-0.2, 0) is 9.59 Å². The van der Waals surface area contributed by atoms with Crippen LogP contribution in [0.2, 0.25) is 5.02 Å². The number of ether oxygens (including phenoxy) is 2. The molecule has 0 radical (unpaired) electrons. The van der Waals surface area contributed by atoms with E-state index in [2.05, 4.69) is 15.4 Å². The number of carbonyl (C=O) groups is 2. The zero-order valence-electron chi connectivity index (χ0n) is 15.0. The third kappa shape index (κ3) is 6.24. The molecule has 0 atom stereocenters. The van der Waals surface area contributed by atoms with Gasteiger partial charge in [-0.05, 0) is 42.0 Å². The maximum atomic E-state index is 12.4. The van der Waals surface area contributed by atoms with Gasteiger partial charge in [-0.1, -0.05) is 17.7 Å². The van der Waals surface area contributed by atoms with E-state index in [-0.39, 0.29) is 17.4 Å². The van der Waals surface area contributed by atoms with Crippen LogP contribution in [-0.4, -0.2) is 25.5 Å². The summed E-state index contributed by atoms with van der Waals surface area (Å²) in [5.74, 6) is -0.795. The highest BCUT2D eigenvalue weighted by atomic mass is 35.5. The second kappa shape index (κ2) is 9.70. The Balaban J connectivity index is 2.14. The number of carbonyl (C=O) groups excluding carboxylic acids is 2. The lowest BCUT2D eigenvalue weighted by Crippen LogP contribution is -2.13. The standard InChI is InChI=1S/C19H17ClF2N2O4/c1-11(25)23-14-6-5-13(20)10-15(14)24-18(26)8-4-12-3-7-16(28-19(21)22)17(9-12)27-2/h3-10,19H,1-2H3,(H,23,25)(H,24,26)/b8-4+. The van der Waals surface area contributed by atoms with Crippen LogP contribution in [0.4, 0.5) is 20.2 Å². The SMILES string of the molecule is COc1cc(/C=C/C(=O)Nc2cc(Cl)ccc2NC(C)=O)ccc1OC(F)F. The number of rotatable bonds is 7. The van der Waals surface area contributed by atoms with E-state index < -0.39 is 12.5 Å². The van der Waals surface area contributed by atoms with Crippen molar-refractivity contribution < 1.29 is 27.8 Å². The molecule has 28 heavy (non-hydrogen) atoms. The van der Waals surface area contributed by atoms with Crippen molar-refractivity contribution in [3.8, 4) is 11.5 Å². The van der Waals surface area contributed by atoms with Gasteiger partial charge in [-0.3, -0.25) is 9.59 Å². The summed E-state index contributed by atoms with van der Waals surface area (Å²) in [4.78, 5) is 23.5. The molecule has 0 aliphatic heterocycles. The Kier molecular flexibility index (Phi) is 7.34. The zero-order valence-corrected chi connectivity index (χ0v) is 15.7. The topological polar surface area (TPSA) is 76.7 Å². The molecule has 2 N–H and O–H groups in total. The van der Waals surface area contributed by atoms with Crippen LogP contribution in [0.3, 0.4) is 0 Å². The number of amides is 2. The molecule has 0 fully saturated rings. The lowest BCUT2D eigenvalue weighted by atomic mass is 10.2. The lowest BCUT2D eigenvalue weighted by molar-refractivity contribution is -0.114. The molecule has 6 nitrogen and oxygen atoms in total. The third-order valence-corrected chi connectivity index (χ3v) is 3.62. The highest BCUT2D eigenvalue weighted by Crippen LogP contribution is 2.30. The molecule has 9 heteroatoms. The number of methoxy groups -OCH3 is 1.